The van der Waals surface area contributed by atoms with Gasteiger partial charge in [0.2, 0.25) is 0 Å². The lowest BCUT2D eigenvalue weighted by Crippen LogP contribution is -2.16. The first-order valence-corrected chi connectivity index (χ1v) is 19.7. The Bertz CT molecular complexity index is 2570. The van der Waals surface area contributed by atoms with Gasteiger partial charge >= 0.3 is 0 Å². The van der Waals surface area contributed by atoms with E-state index in [0.29, 0.717) is 0 Å². The summed E-state index contributed by atoms with van der Waals surface area (Å²) in [5, 5.41) is 0. The molecule has 0 amide bonds. The van der Waals surface area contributed by atoms with Crippen LogP contribution in [0.3, 0.4) is 0 Å². The summed E-state index contributed by atoms with van der Waals surface area (Å²) in [4.78, 5) is 17.4. The summed E-state index contributed by atoms with van der Waals surface area (Å²) in [5.41, 5.74) is 15.8. The van der Waals surface area contributed by atoms with Crippen molar-refractivity contribution in [2.24, 2.45) is 0 Å². The Morgan fingerprint density at radius 2 is 0.750 bits per heavy atom. The van der Waals surface area contributed by atoms with Crippen molar-refractivity contribution in [1.29, 1.82) is 0 Å². The van der Waals surface area contributed by atoms with Crippen molar-refractivity contribution in [1.82, 2.24) is 19.9 Å². The third-order valence-electron chi connectivity index (χ3n) is 10.4. The van der Waals surface area contributed by atoms with Crippen molar-refractivity contribution in [3.63, 3.8) is 0 Å². The summed E-state index contributed by atoms with van der Waals surface area (Å²) >= 11 is 0. The van der Waals surface area contributed by atoms with Crippen molar-refractivity contribution in [3.8, 4) is 23.7 Å². The highest BCUT2D eigenvalue weighted by Gasteiger charge is 2.22. The van der Waals surface area contributed by atoms with Gasteiger partial charge in [0.1, 0.15) is 0 Å². The number of nitrogens with one attached hydrogen (secondary N) is 2. The molecule has 2 N–H and O–H groups in total. The Labute approximate surface area is 333 Å². The molecule has 56 heavy (non-hydrogen) atoms. The van der Waals surface area contributed by atoms with Crippen LogP contribution in [-0.2, 0) is 21.7 Å². The van der Waals surface area contributed by atoms with Crippen LogP contribution >= 0.6 is 0 Å². The smallest absolute Gasteiger partial charge is 0.0816 e. The van der Waals surface area contributed by atoms with Gasteiger partial charge in [0.25, 0.3) is 0 Å². The van der Waals surface area contributed by atoms with Crippen molar-refractivity contribution < 1.29 is 0 Å². The van der Waals surface area contributed by atoms with E-state index in [1.807, 2.05) is 24.3 Å². The van der Waals surface area contributed by atoms with Crippen LogP contribution in [0.1, 0.15) is 150 Å². The standard InChI is InChI=1S/C52H54N4/c1-49(2,3)35-25-33(26-36(29-35)50(4,5)6)13-19-43-45-21-15-39(53-45)31-41-17-23-47(55-41)44(48-24-18-42(56-48)32-40-16-22-46(43)54-40)20-14-34-27-37(51(7,8)9)30-38(28-34)52(10,11)12/h15-18,21-32,53-54H,1-12H3. The molecule has 2 aromatic carbocycles. The fourth-order valence-corrected chi connectivity index (χ4v) is 6.74. The van der Waals surface area contributed by atoms with Crippen LogP contribution in [0, 0.1) is 23.7 Å². The fraction of sp³-hybridized carbons (Fsp3) is 0.308. The van der Waals surface area contributed by atoms with E-state index in [-0.39, 0.29) is 21.7 Å². The van der Waals surface area contributed by atoms with Crippen LogP contribution in [0.4, 0.5) is 0 Å². The summed E-state index contributed by atoms with van der Waals surface area (Å²) in [5.74, 6) is 14.2. The second kappa shape index (κ2) is 14.0. The zero-order valence-corrected chi connectivity index (χ0v) is 35.1. The van der Waals surface area contributed by atoms with Crippen LogP contribution in [0.2, 0.25) is 0 Å². The molecule has 0 aliphatic carbocycles. The average molecular weight is 735 g/mol. The predicted molar refractivity (Wildman–Crippen MR) is 239 cm³/mol. The molecule has 0 spiro atoms. The molecule has 8 bridgehead atoms. The van der Waals surface area contributed by atoms with E-state index < -0.39 is 0 Å². The Kier molecular flexibility index (Phi) is 9.63. The van der Waals surface area contributed by atoms with Gasteiger partial charge in [-0.05, 0) is 129 Å². The van der Waals surface area contributed by atoms with Gasteiger partial charge in [-0.15, -0.1) is 0 Å². The molecule has 0 unspecified atom stereocenters. The summed E-state index contributed by atoms with van der Waals surface area (Å²) in [6.07, 6.45) is 8.17. The monoisotopic (exact) mass is 734 g/mol. The molecule has 0 radical (unpaired) electrons. The first-order valence-electron chi connectivity index (χ1n) is 19.7. The number of H-pyrrole nitrogens is 2. The molecule has 4 nitrogen and oxygen atoms in total. The molecule has 5 aromatic rings. The van der Waals surface area contributed by atoms with Crippen molar-refractivity contribution in [3.05, 3.63) is 140 Å². The fourth-order valence-electron chi connectivity index (χ4n) is 6.74. The first kappa shape index (κ1) is 38.4. The molecule has 2 aliphatic rings. The SMILES string of the molecule is CC(C)(C)c1cc(C#Cc2c3nc(cc4ccc([nH]4)c(C#Cc4cc(C(C)(C)C)cc(C(C)(C)C)c4)c4ccc(cc5nc2C=C5)[nH]4)C=C3)cc(C(C)(C)C)c1. The molecular formula is C52H54N4. The van der Waals surface area contributed by atoms with Crippen LogP contribution in [0.15, 0.2) is 72.8 Å². The Balaban J connectivity index is 1.41. The van der Waals surface area contributed by atoms with Gasteiger partial charge in [-0.3, -0.25) is 0 Å². The molecule has 7 rings (SSSR count). The third-order valence-corrected chi connectivity index (χ3v) is 10.4. The molecule has 4 heteroatoms. The van der Waals surface area contributed by atoms with E-state index in [1.165, 1.54) is 22.3 Å². The van der Waals surface area contributed by atoms with Gasteiger partial charge in [0.05, 0.1) is 44.9 Å². The molecule has 0 atom stereocenters. The summed E-state index contributed by atoms with van der Waals surface area (Å²) in [6.45, 7) is 27.1. The number of aromatic nitrogens is 4. The molecule has 5 heterocycles. The molecular weight excluding hydrogens is 681 g/mol. The van der Waals surface area contributed by atoms with Crippen LogP contribution in [0.5, 0.6) is 0 Å². The largest absolute Gasteiger partial charge is 0.354 e. The normalized spacial score (nSPS) is 12.9. The highest BCUT2D eigenvalue weighted by molar-refractivity contribution is 5.83. The van der Waals surface area contributed by atoms with E-state index in [1.54, 1.807) is 0 Å². The van der Waals surface area contributed by atoms with Crippen molar-refractivity contribution >= 4 is 46.4 Å². The number of rotatable bonds is 0. The number of fused-ring (bicyclic) bond motifs is 8. The van der Waals surface area contributed by atoms with Crippen LogP contribution in [-0.4, -0.2) is 19.9 Å². The minimum atomic E-state index is -0.00256. The second-order valence-electron chi connectivity index (χ2n) is 19.3. The Morgan fingerprint density at radius 1 is 0.393 bits per heavy atom. The number of hydrogen-bond acceptors (Lipinski definition) is 2. The van der Waals surface area contributed by atoms with Gasteiger partial charge < -0.3 is 9.97 Å². The summed E-state index contributed by atoms with van der Waals surface area (Å²) < 4.78 is 0. The lowest BCUT2D eigenvalue weighted by Gasteiger charge is -2.25. The lowest BCUT2D eigenvalue weighted by molar-refractivity contribution is 0.567. The van der Waals surface area contributed by atoms with E-state index in [2.05, 4.69) is 190 Å². The van der Waals surface area contributed by atoms with Gasteiger partial charge in [-0.1, -0.05) is 119 Å². The zero-order valence-electron chi connectivity index (χ0n) is 35.1. The molecule has 3 aromatic heterocycles. The highest BCUT2D eigenvalue weighted by atomic mass is 14.8. The maximum atomic E-state index is 5.07. The number of hydrogen-bond donors (Lipinski definition) is 2. The highest BCUT2D eigenvalue weighted by Crippen LogP contribution is 2.32. The van der Waals surface area contributed by atoms with Gasteiger partial charge in [-0.2, -0.15) is 0 Å². The van der Waals surface area contributed by atoms with Gasteiger partial charge in [0, 0.05) is 22.2 Å². The molecule has 0 saturated heterocycles. The maximum absolute atomic E-state index is 5.07. The summed E-state index contributed by atoms with van der Waals surface area (Å²) in [6, 6.07) is 26.1. The molecule has 0 fully saturated rings. The number of benzene rings is 2. The lowest BCUT2D eigenvalue weighted by atomic mass is 9.79. The van der Waals surface area contributed by atoms with Gasteiger partial charge in [-0.25, -0.2) is 9.97 Å². The second-order valence-corrected chi connectivity index (χ2v) is 19.3. The third kappa shape index (κ3) is 8.51. The minimum absolute atomic E-state index is 0.00256. The quantitative estimate of drug-likeness (QED) is 0.152. The van der Waals surface area contributed by atoms with Crippen molar-refractivity contribution in [2.45, 2.75) is 105 Å². The van der Waals surface area contributed by atoms with E-state index in [4.69, 9.17) is 9.97 Å². The first-order chi connectivity index (χ1) is 26.2. The minimum Gasteiger partial charge on any atom is -0.354 e. The van der Waals surface area contributed by atoms with Gasteiger partial charge in [0.15, 0.2) is 0 Å². The Hall–Kier alpha value is -5.84. The van der Waals surface area contributed by atoms with E-state index >= 15 is 0 Å². The van der Waals surface area contributed by atoms with Crippen LogP contribution in [0.25, 0.3) is 46.4 Å². The predicted octanol–water partition coefficient (Wildman–Crippen LogP) is 12.6. The molecule has 0 saturated carbocycles. The number of nitrogens with zero attached hydrogens (tertiary/aromatic N) is 2. The van der Waals surface area contributed by atoms with E-state index in [0.717, 1.165) is 67.1 Å². The zero-order chi connectivity index (χ0) is 40.2. The Morgan fingerprint density at radius 3 is 1.11 bits per heavy atom. The average Bonchev–Trinajstić information content (AvgIpc) is 3.93. The molecule has 282 valence electrons. The molecule has 2 aliphatic heterocycles. The van der Waals surface area contributed by atoms with Crippen LogP contribution < -0.4 is 0 Å². The van der Waals surface area contributed by atoms with E-state index in [9.17, 15) is 0 Å². The number of aromatic amines is 2. The summed E-state index contributed by atoms with van der Waals surface area (Å²) in [7, 11) is 0. The van der Waals surface area contributed by atoms with Crippen molar-refractivity contribution in [2.75, 3.05) is 0 Å². The maximum Gasteiger partial charge on any atom is 0.0816 e. The topological polar surface area (TPSA) is 57.4 Å².